The number of nitrogens with zero attached hydrogens (tertiary/aromatic N) is 3. The summed E-state index contributed by atoms with van der Waals surface area (Å²) in [5.41, 5.74) is 1.75. The normalized spacial score (nSPS) is 21.0. The van der Waals surface area contributed by atoms with E-state index < -0.39 is 17.8 Å². The van der Waals surface area contributed by atoms with Crippen molar-refractivity contribution in [2.45, 2.75) is 77.7 Å². The van der Waals surface area contributed by atoms with Crippen molar-refractivity contribution in [3.05, 3.63) is 47.7 Å². The molecule has 8 nitrogen and oxygen atoms in total. The van der Waals surface area contributed by atoms with Crippen LogP contribution < -0.4 is 9.80 Å². The number of aromatic nitrogens is 1. The van der Waals surface area contributed by atoms with Gasteiger partial charge in [-0.3, -0.25) is 4.79 Å². The van der Waals surface area contributed by atoms with Gasteiger partial charge in [-0.15, -0.1) is 0 Å². The van der Waals surface area contributed by atoms with Gasteiger partial charge in [0, 0.05) is 24.8 Å². The van der Waals surface area contributed by atoms with E-state index >= 15 is 0 Å². The first kappa shape index (κ1) is 25.1. The number of hydrogen-bond donors (Lipinski definition) is 1. The number of fused-ring (bicyclic) bond motifs is 2. The fourth-order valence-electron chi connectivity index (χ4n) is 4.79. The SMILES string of the molecule is COC1CCC(C(=O)N2Cc3cccnc3N(C(=O)OC(C)(C)C)c3ccc(C(C)O)cc32)CC1. The molecule has 1 fully saturated rings. The van der Waals surface area contributed by atoms with Crippen LogP contribution in [0.1, 0.15) is 70.6 Å². The molecule has 0 spiro atoms. The van der Waals surface area contributed by atoms with E-state index in [0.717, 1.165) is 31.2 Å². The lowest BCUT2D eigenvalue weighted by Gasteiger charge is -2.32. The molecule has 2 amide bonds. The molecule has 1 aromatic carbocycles. The number of anilines is 3. The predicted molar refractivity (Wildman–Crippen MR) is 134 cm³/mol. The Kier molecular flexibility index (Phi) is 7.15. The molecule has 1 aliphatic carbocycles. The summed E-state index contributed by atoms with van der Waals surface area (Å²) in [6.07, 6.45) is 3.68. The van der Waals surface area contributed by atoms with E-state index in [-0.39, 0.29) is 24.5 Å². The molecule has 35 heavy (non-hydrogen) atoms. The van der Waals surface area contributed by atoms with E-state index in [1.165, 1.54) is 4.90 Å². The number of benzene rings is 1. The zero-order chi connectivity index (χ0) is 25.3. The van der Waals surface area contributed by atoms with Gasteiger partial charge in [-0.05, 0) is 77.1 Å². The van der Waals surface area contributed by atoms with Crippen LogP contribution in [-0.2, 0) is 20.8 Å². The first-order valence-electron chi connectivity index (χ1n) is 12.2. The smallest absolute Gasteiger partial charge is 0.420 e. The van der Waals surface area contributed by atoms with Gasteiger partial charge >= 0.3 is 6.09 Å². The minimum absolute atomic E-state index is 0.00406. The fourth-order valence-corrected chi connectivity index (χ4v) is 4.79. The number of methoxy groups -OCH3 is 1. The second-order valence-corrected chi connectivity index (χ2v) is 10.4. The van der Waals surface area contributed by atoms with Crippen LogP contribution in [0.3, 0.4) is 0 Å². The summed E-state index contributed by atoms with van der Waals surface area (Å²) in [4.78, 5) is 35.1. The van der Waals surface area contributed by atoms with Crippen LogP contribution in [0.5, 0.6) is 0 Å². The predicted octanol–water partition coefficient (Wildman–Crippen LogP) is 5.26. The molecule has 1 aromatic heterocycles. The average molecular weight is 482 g/mol. The van der Waals surface area contributed by atoms with Crippen molar-refractivity contribution in [2.24, 2.45) is 5.92 Å². The Balaban J connectivity index is 1.83. The van der Waals surface area contributed by atoms with Crippen molar-refractivity contribution in [1.82, 2.24) is 4.98 Å². The third kappa shape index (κ3) is 5.33. The Morgan fingerprint density at radius 1 is 1.11 bits per heavy atom. The van der Waals surface area contributed by atoms with E-state index in [1.54, 1.807) is 49.4 Å². The molecule has 4 rings (SSSR count). The molecule has 2 aliphatic rings. The van der Waals surface area contributed by atoms with E-state index in [4.69, 9.17) is 9.47 Å². The lowest BCUT2D eigenvalue weighted by Crippen LogP contribution is -2.38. The molecule has 0 saturated heterocycles. The highest BCUT2D eigenvalue weighted by atomic mass is 16.6. The van der Waals surface area contributed by atoms with Gasteiger partial charge in [0.25, 0.3) is 0 Å². The second kappa shape index (κ2) is 9.95. The van der Waals surface area contributed by atoms with E-state index in [2.05, 4.69) is 4.98 Å². The van der Waals surface area contributed by atoms with Crippen molar-refractivity contribution in [3.8, 4) is 0 Å². The van der Waals surface area contributed by atoms with Gasteiger partial charge < -0.3 is 19.5 Å². The number of aliphatic hydroxyl groups excluding tert-OH is 1. The number of carbonyl (C=O) groups excluding carboxylic acids is 2. The monoisotopic (exact) mass is 481 g/mol. The van der Waals surface area contributed by atoms with Crippen LogP contribution in [0, 0.1) is 5.92 Å². The fraction of sp³-hybridized carbons (Fsp3) is 0.519. The third-order valence-electron chi connectivity index (χ3n) is 6.62. The Morgan fingerprint density at radius 3 is 2.46 bits per heavy atom. The summed E-state index contributed by atoms with van der Waals surface area (Å²) in [5, 5.41) is 10.3. The molecule has 1 unspecified atom stereocenters. The maximum absolute atomic E-state index is 13.9. The zero-order valence-electron chi connectivity index (χ0n) is 21.2. The molecule has 8 heteroatoms. The Bertz CT molecular complexity index is 1090. The summed E-state index contributed by atoms with van der Waals surface area (Å²) in [6.45, 7) is 7.38. The van der Waals surface area contributed by atoms with Crippen LogP contribution in [0.15, 0.2) is 36.5 Å². The Hall–Kier alpha value is -2.97. The lowest BCUT2D eigenvalue weighted by atomic mass is 9.86. The number of rotatable bonds is 3. The van der Waals surface area contributed by atoms with Crippen LogP contribution in [-0.4, -0.2) is 40.9 Å². The van der Waals surface area contributed by atoms with Crippen molar-refractivity contribution in [3.63, 3.8) is 0 Å². The van der Waals surface area contributed by atoms with Gasteiger partial charge in [0.2, 0.25) is 5.91 Å². The second-order valence-electron chi connectivity index (χ2n) is 10.4. The molecule has 0 bridgehead atoms. The summed E-state index contributed by atoms with van der Waals surface area (Å²) in [7, 11) is 1.71. The Morgan fingerprint density at radius 2 is 1.83 bits per heavy atom. The molecule has 1 aliphatic heterocycles. The molecule has 2 heterocycles. The molecular formula is C27H35N3O5. The van der Waals surface area contributed by atoms with Gasteiger partial charge in [-0.1, -0.05) is 12.1 Å². The maximum Gasteiger partial charge on any atom is 0.420 e. The zero-order valence-corrected chi connectivity index (χ0v) is 21.2. The Labute approximate surface area is 206 Å². The molecule has 1 saturated carbocycles. The number of carbonyl (C=O) groups is 2. The molecular weight excluding hydrogens is 446 g/mol. The highest BCUT2D eigenvalue weighted by Gasteiger charge is 2.38. The number of pyridine rings is 1. The van der Waals surface area contributed by atoms with Gasteiger partial charge in [0.15, 0.2) is 0 Å². The van der Waals surface area contributed by atoms with Crippen molar-refractivity contribution in [1.29, 1.82) is 0 Å². The van der Waals surface area contributed by atoms with Crippen LogP contribution >= 0.6 is 0 Å². The summed E-state index contributed by atoms with van der Waals surface area (Å²) in [5.74, 6) is 0.299. The highest BCUT2D eigenvalue weighted by Crippen LogP contribution is 2.43. The first-order chi connectivity index (χ1) is 16.6. The van der Waals surface area contributed by atoms with Gasteiger partial charge in [0.05, 0.1) is 30.1 Å². The quantitative estimate of drug-likeness (QED) is 0.643. The minimum atomic E-state index is -0.729. The van der Waals surface area contributed by atoms with Gasteiger partial charge in [-0.2, -0.15) is 0 Å². The highest BCUT2D eigenvalue weighted by molar-refractivity contribution is 6.06. The lowest BCUT2D eigenvalue weighted by molar-refractivity contribution is -0.124. The third-order valence-corrected chi connectivity index (χ3v) is 6.62. The number of amides is 2. The van der Waals surface area contributed by atoms with Crippen LogP contribution in [0.4, 0.5) is 22.0 Å². The topological polar surface area (TPSA) is 92.2 Å². The molecule has 2 aromatic rings. The molecule has 188 valence electrons. The van der Waals surface area contributed by atoms with E-state index in [9.17, 15) is 14.7 Å². The van der Waals surface area contributed by atoms with Crippen LogP contribution in [0.2, 0.25) is 0 Å². The number of hydrogen-bond acceptors (Lipinski definition) is 6. The largest absolute Gasteiger partial charge is 0.443 e. The first-order valence-corrected chi connectivity index (χ1v) is 12.2. The number of aliphatic hydroxyl groups is 1. The van der Waals surface area contributed by atoms with Crippen molar-refractivity contribution >= 4 is 29.2 Å². The van der Waals surface area contributed by atoms with Crippen molar-refractivity contribution < 1.29 is 24.2 Å². The summed E-state index contributed by atoms with van der Waals surface area (Å²) >= 11 is 0. The van der Waals surface area contributed by atoms with E-state index in [0.29, 0.717) is 22.8 Å². The van der Waals surface area contributed by atoms with Crippen molar-refractivity contribution in [2.75, 3.05) is 16.9 Å². The average Bonchev–Trinajstić information content (AvgIpc) is 2.96. The van der Waals surface area contributed by atoms with Crippen LogP contribution in [0.25, 0.3) is 0 Å². The molecule has 1 atom stereocenters. The molecule has 0 radical (unpaired) electrons. The molecule has 1 N–H and O–H groups in total. The summed E-state index contributed by atoms with van der Waals surface area (Å²) in [6, 6.07) is 9.00. The maximum atomic E-state index is 13.9. The standard InChI is InChI=1S/C27H35N3O5/c1-17(31)19-10-13-22-23(15-19)29(25(32)18-8-11-21(34-5)12-9-18)16-20-7-6-14-28-24(20)30(22)26(33)35-27(2,3)4/h6-7,10,13-15,17-18,21,31H,8-9,11-12,16H2,1-5H3. The van der Waals surface area contributed by atoms with Gasteiger partial charge in [0.1, 0.15) is 11.4 Å². The summed E-state index contributed by atoms with van der Waals surface area (Å²) < 4.78 is 11.2. The number of ether oxygens (including phenoxy) is 2. The minimum Gasteiger partial charge on any atom is -0.443 e. The van der Waals surface area contributed by atoms with Gasteiger partial charge in [-0.25, -0.2) is 14.7 Å². The van der Waals surface area contributed by atoms with E-state index in [1.807, 2.05) is 26.8 Å².